The maximum atomic E-state index is 6.25. The Morgan fingerprint density at radius 1 is 1.15 bits per heavy atom. The number of hydrogen-bond acceptors (Lipinski definition) is 2. The van der Waals surface area contributed by atoms with Crippen LogP contribution >= 0.6 is 23.2 Å². The molecule has 1 N–H and O–H groups in total. The summed E-state index contributed by atoms with van der Waals surface area (Å²) in [5, 5.41) is 4.61. The lowest BCUT2D eigenvalue weighted by Gasteiger charge is -2.15. The second-order valence-electron chi connectivity index (χ2n) is 5.32. The monoisotopic (exact) mass is 317 g/mol. The van der Waals surface area contributed by atoms with Crippen LogP contribution in [-0.2, 0) is 6.54 Å². The third-order valence-electron chi connectivity index (χ3n) is 3.03. The summed E-state index contributed by atoms with van der Waals surface area (Å²) in [4.78, 5) is 0. The van der Waals surface area contributed by atoms with E-state index in [0.29, 0.717) is 29.2 Å². The van der Waals surface area contributed by atoms with Crippen molar-refractivity contribution in [3.63, 3.8) is 0 Å². The Balaban J connectivity index is 2.66. The molecule has 20 heavy (non-hydrogen) atoms. The van der Waals surface area contributed by atoms with Crippen molar-refractivity contribution in [2.24, 2.45) is 0 Å². The number of unbranched alkanes of at least 4 members (excludes halogenated alkanes) is 3. The molecule has 2 nitrogen and oxygen atoms in total. The first-order valence-electron chi connectivity index (χ1n) is 7.38. The maximum absolute atomic E-state index is 6.25. The molecule has 0 aliphatic rings. The minimum atomic E-state index is 0.408. The summed E-state index contributed by atoms with van der Waals surface area (Å²) in [6.45, 7) is 7.83. The van der Waals surface area contributed by atoms with Gasteiger partial charge in [-0.2, -0.15) is 0 Å². The molecule has 114 valence electrons. The Kier molecular flexibility index (Phi) is 8.35. The number of benzene rings is 1. The Morgan fingerprint density at radius 3 is 2.55 bits per heavy atom. The third kappa shape index (κ3) is 6.34. The Morgan fingerprint density at radius 2 is 1.90 bits per heavy atom. The molecule has 1 rings (SSSR count). The van der Waals surface area contributed by atoms with Crippen molar-refractivity contribution >= 4 is 23.2 Å². The lowest BCUT2D eigenvalue weighted by molar-refractivity contribution is 0.301. The van der Waals surface area contributed by atoms with Crippen LogP contribution in [0.25, 0.3) is 0 Å². The molecule has 0 atom stereocenters. The van der Waals surface area contributed by atoms with E-state index in [4.69, 9.17) is 27.9 Å². The lowest BCUT2D eigenvalue weighted by atomic mass is 10.2. The first-order valence-corrected chi connectivity index (χ1v) is 8.14. The normalized spacial score (nSPS) is 11.1. The Hall–Kier alpha value is -0.440. The summed E-state index contributed by atoms with van der Waals surface area (Å²) in [5.41, 5.74) is 1.02. The van der Waals surface area contributed by atoms with Crippen molar-refractivity contribution in [3.05, 3.63) is 27.7 Å². The fraction of sp³-hybridized carbons (Fsp3) is 0.625. The number of hydrogen-bond donors (Lipinski definition) is 1. The molecule has 1 aromatic rings. The van der Waals surface area contributed by atoms with Crippen molar-refractivity contribution in [3.8, 4) is 5.75 Å². The number of rotatable bonds is 9. The van der Waals surface area contributed by atoms with Crippen LogP contribution in [0.5, 0.6) is 5.75 Å². The minimum absolute atomic E-state index is 0.408. The van der Waals surface area contributed by atoms with Gasteiger partial charge in [-0.05, 0) is 18.6 Å². The van der Waals surface area contributed by atoms with Gasteiger partial charge in [-0.1, -0.05) is 63.2 Å². The zero-order valence-corrected chi connectivity index (χ0v) is 14.2. The SMILES string of the molecule is CCCCCCOc1c(Cl)cc(Cl)cc1CNC(C)C. The topological polar surface area (TPSA) is 21.3 Å². The molecule has 0 amide bonds. The highest BCUT2D eigenvalue weighted by molar-refractivity contribution is 6.35. The lowest BCUT2D eigenvalue weighted by Crippen LogP contribution is -2.22. The highest BCUT2D eigenvalue weighted by atomic mass is 35.5. The van der Waals surface area contributed by atoms with Crippen LogP contribution in [0.3, 0.4) is 0 Å². The van der Waals surface area contributed by atoms with Gasteiger partial charge in [0.05, 0.1) is 11.6 Å². The van der Waals surface area contributed by atoms with Crippen molar-refractivity contribution in [2.45, 2.75) is 59.0 Å². The van der Waals surface area contributed by atoms with E-state index in [2.05, 4.69) is 26.1 Å². The second kappa shape index (κ2) is 9.49. The Labute approximate surface area is 132 Å². The largest absolute Gasteiger partial charge is 0.492 e. The van der Waals surface area contributed by atoms with E-state index < -0.39 is 0 Å². The zero-order chi connectivity index (χ0) is 15.0. The van der Waals surface area contributed by atoms with Crippen LogP contribution in [0.1, 0.15) is 52.0 Å². The standard InChI is InChI=1S/C16H25Cl2NO/c1-4-5-6-7-8-20-16-13(11-19-12(2)3)9-14(17)10-15(16)18/h9-10,12,19H,4-8,11H2,1-3H3. The van der Waals surface area contributed by atoms with Gasteiger partial charge in [0, 0.05) is 23.2 Å². The van der Waals surface area contributed by atoms with Crippen LogP contribution < -0.4 is 10.1 Å². The summed E-state index contributed by atoms with van der Waals surface area (Å²) < 4.78 is 5.87. The maximum Gasteiger partial charge on any atom is 0.142 e. The molecular formula is C16H25Cl2NO. The van der Waals surface area contributed by atoms with Gasteiger partial charge in [0.15, 0.2) is 0 Å². The van der Waals surface area contributed by atoms with Gasteiger partial charge in [-0.25, -0.2) is 0 Å². The summed E-state index contributed by atoms with van der Waals surface area (Å²) in [5.74, 6) is 0.765. The van der Waals surface area contributed by atoms with Crippen molar-refractivity contribution in [1.29, 1.82) is 0 Å². The van der Waals surface area contributed by atoms with E-state index >= 15 is 0 Å². The molecule has 0 aromatic heterocycles. The summed E-state index contributed by atoms with van der Waals surface area (Å²) >= 11 is 12.3. The van der Waals surface area contributed by atoms with E-state index in [1.54, 1.807) is 6.07 Å². The van der Waals surface area contributed by atoms with Crippen LogP contribution in [0.15, 0.2) is 12.1 Å². The van der Waals surface area contributed by atoms with Crippen LogP contribution in [0.4, 0.5) is 0 Å². The highest BCUT2D eigenvalue weighted by Gasteiger charge is 2.11. The smallest absolute Gasteiger partial charge is 0.142 e. The Bertz CT molecular complexity index is 408. The van der Waals surface area contributed by atoms with E-state index in [9.17, 15) is 0 Å². The van der Waals surface area contributed by atoms with E-state index in [1.807, 2.05) is 6.07 Å². The predicted molar refractivity (Wildman–Crippen MR) is 88.1 cm³/mol. The number of ether oxygens (including phenoxy) is 1. The molecule has 0 heterocycles. The fourth-order valence-electron chi connectivity index (χ4n) is 1.92. The van der Waals surface area contributed by atoms with Gasteiger partial charge in [0.25, 0.3) is 0 Å². The van der Waals surface area contributed by atoms with Gasteiger partial charge >= 0.3 is 0 Å². The van der Waals surface area contributed by atoms with Gasteiger partial charge in [-0.3, -0.25) is 0 Å². The molecule has 0 aliphatic carbocycles. The van der Waals surface area contributed by atoms with Crippen LogP contribution in [-0.4, -0.2) is 12.6 Å². The molecule has 0 saturated carbocycles. The molecule has 0 spiro atoms. The number of nitrogens with one attached hydrogen (secondary N) is 1. The molecule has 0 bridgehead atoms. The zero-order valence-electron chi connectivity index (χ0n) is 12.6. The molecule has 0 aliphatic heterocycles. The minimum Gasteiger partial charge on any atom is -0.492 e. The molecule has 0 saturated heterocycles. The first kappa shape index (κ1) is 17.6. The average Bonchev–Trinajstić information content (AvgIpc) is 2.38. The van der Waals surface area contributed by atoms with Gasteiger partial charge in [-0.15, -0.1) is 0 Å². The van der Waals surface area contributed by atoms with Gasteiger partial charge in [0.1, 0.15) is 5.75 Å². The summed E-state index contributed by atoms with van der Waals surface area (Å²) in [6.07, 6.45) is 4.73. The summed E-state index contributed by atoms with van der Waals surface area (Å²) in [6, 6.07) is 4.07. The van der Waals surface area contributed by atoms with Crippen molar-refractivity contribution < 1.29 is 4.74 Å². The molecule has 0 unspecified atom stereocenters. The van der Waals surface area contributed by atoms with Gasteiger partial charge in [0.2, 0.25) is 0 Å². The molecule has 0 radical (unpaired) electrons. The summed E-state index contributed by atoms with van der Waals surface area (Å²) in [7, 11) is 0. The second-order valence-corrected chi connectivity index (χ2v) is 6.16. The molecule has 0 fully saturated rings. The van der Waals surface area contributed by atoms with Crippen LogP contribution in [0, 0.1) is 0 Å². The van der Waals surface area contributed by atoms with E-state index in [1.165, 1.54) is 19.3 Å². The van der Waals surface area contributed by atoms with E-state index in [0.717, 1.165) is 17.7 Å². The van der Waals surface area contributed by atoms with Gasteiger partial charge < -0.3 is 10.1 Å². The highest BCUT2D eigenvalue weighted by Crippen LogP contribution is 2.32. The molecular weight excluding hydrogens is 293 g/mol. The van der Waals surface area contributed by atoms with E-state index in [-0.39, 0.29) is 0 Å². The van der Waals surface area contributed by atoms with Crippen molar-refractivity contribution in [1.82, 2.24) is 5.32 Å². The third-order valence-corrected chi connectivity index (χ3v) is 3.53. The van der Waals surface area contributed by atoms with Crippen LogP contribution in [0.2, 0.25) is 10.0 Å². The first-order chi connectivity index (χ1) is 9.54. The quantitative estimate of drug-likeness (QED) is 0.611. The molecule has 4 heteroatoms. The number of halogens is 2. The fourth-order valence-corrected chi connectivity index (χ4v) is 2.51. The molecule has 1 aromatic carbocycles. The van der Waals surface area contributed by atoms with Crippen molar-refractivity contribution in [2.75, 3.05) is 6.61 Å². The predicted octanol–water partition coefficient (Wildman–Crippen LogP) is 5.45. The average molecular weight is 318 g/mol.